The summed E-state index contributed by atoms with van der Waals surface area (Å²) in [7, 11) is 0. The first-order valence-electron chi connectivity index (χ1n) is 9.31. The fraction of sp³-hybridized carbons (Fsp3) is 0.261. The maximum Gasteiger partial charge on any atom is 0.204 e. The fourth-order valence-electron chi connectivity index (χ4n) is 3.47. The summed E-state index contributed by atoms with van der Waals surface area (Å²) in [6, 6.07) is 3.01. The molecule has 0 radical (unpaired) electrons. The van der Waals surface area contributed by atoms with Crippen molar-refractivity contribution in [1.82, 2.24) is 0 Å². The van der Waals surface area contributed by atoms with E-state index in [0.717, 1.165) is 5.57 Å². The number of phenols is 3. The molecule has 2 heterocycles. The van der Waals surface area contributed by atoms with Crippen molar-refractivity contribution in [3.63, 3.8) is 0 Å². The summed E-state index contributed by atoms with van der Waals surface area (Å²) in [5.41, 5.74) is 0.691. The SMILES string of the molecule is CC(C)=CCc1cc2c(=O)c3c(O)c4c(cc3oc2c(O)c1O)OC(C)(C)C=C4. The molecule has 3 N–H and O–H groups in total. The third kappa shape index (κ3) is 3.01. The molecule has 1 aliphatic heterocycles. The number of allylic oxidation sites excluding steroid dienone is 2. The smallest absolute Gasteiger partial charge is 0.204 e. The first-order chi connectivity index (χ1) is 13.6. The second kappa shape index (κ2) is 6.30. The Morgan fingerprint density at radius 2 is 1.83 bits per heavy atom. The molecule has 4 rings (SSSR count). The van der Waals surface area contributed by atoms with Gasteiger partial charge in [-0.05, 0) is 52.3 Å². The van der Waals surface area contributed by atoms with Gasteiger partial charge in [-0.15, -0.1) is 0 Å². The van der Waals surface area contributed by atoms with Crippen LogP contribution in [0.4, 0.5) is 0 Å². The van der Waals surface area contributed by atoms with Crippen LogP contribution in [-0.2, 0) is 6.42 Å². The molecule has 150 valence electrons. The number of phenolic OH excluding ortho intramolecular Hbond substituents is 3. The van der Waals surface area contributed by atoms with E-state index in [1.807, 2.05) is 33.8 Å². The third-order valence-electron chi connectivity index (χ3n) is 5.01. The normalized spacial score (nSPS) is 14.6. The Balaban J connectivity index is 2.06. The molecule has 1 aromatic heterocycles. The topological polar surface area (TPSA) is 100 Å². The molecule has 0 fully saturated rings. The highest BCUT2D eigenvalue weighted by Crippen LogP contribution is 2.43. The average molecular weight is 394 g/mol. The second-order valence-corrected chi connectivity index (χ2v) is 8.08. The van der Waals surface area contributed by atoms with E-state index in [4.69, 9.17) is 9.15 Å². The van der Waals surface area contributed by atoms with Gasteiger partial charge in [0.05, 0.1) is 10.9 Å². The van der Waals surface area contributed by atoms with Crippen molar-refractivity contribution in [3.8, 4) is 23.0 Å². The van der Waals surface area contributed by atoms with Crippen molar-refractivity contribution >= 4 is 28.0 Å². The molecule has 0 aliphatic carbocycles. The second-order valence-electron chi connectivity index (χ2n) is 8.08. The van der Waals surface area contributed by atoms with Gasteiger partial charge in [0.2, 0.25) is 11.2 Å². The Labute approximate surface area is 167 Å². The first kappa shape index (κ1) is 18.9. The van der Waals surface area contributed by atoms with Crippen LogP contribution < -0.4 is 10.2 Å². The summed E-state index contributed by atoms with van der Waals surface area (Å²) in [5.74, 6) is -0.704. The predicted octanol–water partition coefficient (Wildman–Crippen LogP) is 4.76. The maximum atomic E-state index is 13.2. The van der Waals surface area contributed by atoms with Crippen LogP contribution in [0.1, 0.15) is 38.8 Å². The van der Waals surface area contributed by atoms with E-state index in [-0.39, 0.29) is 33.4 Å². The summed E-state index contributed by atoms with van der Waals surface area (Å²) in [5, 5.41) is 31.7. The van der Waals surface area contributed by atoms with Gasteiger partial charge in [0.15, 0.2) is 11.3 Å². The molecule has 0 unspecified atom stereocenters. The van der Waals surface area contributed by atoms with Crippen LogP contribution in [0.3, 0.4) is 0 Å². The lowest BCUT2D eigenvalue weighted by molar-refractivity contribution is 0.158. The Bertz CT molecular complexity index is 1290. The van der Waals surface area contributed by atoms with Gasteiger partial charge in [-0.2, -0.15) is 0 Å². The van der Waals surface area contributed by atoms with E-state index >= 15 is 0 Å². The minimum absolute atomic E-state index is 0.00228. The number of rotatable bonds is 2. The zero-order valence-electron chi connectivity index (χ0n) is 16.7. The Morgan fingerprint density at radius 3 is 2.52 bits per heavy atom. The van der Waals surface area contributed by atoms with Gasteiger partial charge in [-0.25, -0.2) is 0 Å². The van der Waals surface area contributed by atoms with Crippen molar-refractivity contribution in [3.05, 3.63) is 51.2 Å². The first-order valence-corrected chi connectivity index (χ1v) is 9.31. The number of hydrogen-bond acceptors (Lipinski definition) is 6. The molecule has 6 heteroatoms. The molecule has 0 bridgehead atoms. The van der Waals surface area contributed by atoms with Crippen LogP contribution >= 0.6 is 0 Å². The lowest BCUT2D eigenvalue weighted by Crippen LogP contribution is -2.27. The van der Waals surface area contributed by atoms with Crippen molar-refractivity contribution in [1.29, 1.82) is 0 Å². The standard InChI is InChI=1S/C23H22O6/c1-11(2)5-6-12-9-14-20(26)17-16(28-22(14)21(27)18(12)24)10-15-13(19(17)25)7-8-23(3,4)29-15/h5,7-10,24-25,27H,6H2,1-4H3. The lowest BCUT2D eigenvalue weighted by Gasteiger charge is -2.28. The summed E-state index contributed by atoms with van der Waals surface area (Å²) >= 11 is 0. The number of hydrogen-bond donors (Lipinski definition) is 3. The maximum absolute atomic E-state index is 13.2. The van der Waals surface area contributed by atoms with E-state index < -0.39 is 16.8 Å². The molecule has 0 saturated heterocycles. The average Bonchev–Trinajstić information content (AvgIpc) is 2.63. The van der Waals surface area contributed by atoms with Crippen LogP contribution in [0.15, 0.2) is 39.1 Å². The third-order valence-corrected chi connectivity index (χ3v) is 5.01. The van der Waals surface area contributed by atoms with Crippen molar-refractivity contribution in [2.45, 2.75) is 39.7 Å². The van der Waals surface area contributed by atoms with E-state index in [1.54, 1.807) is 12.2 Å². The zero-order chi connectivity index (χ0) is 21.1. The van der Waals surface area contributed by atoms with E-state index in [2.05, 4.69) is 0 Å². The van der Waals surface area contributed by atoms with Gasteiger partial charge in [-0.3, -0.25) is 4.79 Å². The largest absolute Gasteiger partial charge is 0.506 e. The minimum Gasteiger partial charge on any atom is -0.506 e. The van der Waals surface area contributed by atoms with Gasteiger partial charge >= 0.3 is 0 Å². The van der Waals surface area contributed by atoms with Gasteiger partial charge in [0.1, 0.15) is 28.1 Å². The molecule has 6 nitrogen and oxygen atoms in total. The van der Waals surface area contributed by atoms with E-state index in [9.17, 15) is 20.1 Å². The lowest BCUT2D eigenvalue weighted by atomic mass is 9.98. The van der Waals surface area contributed by atoms with Crippen molar-refractivity contribution in [2.75, 3.05) is 0 Å². The number of ether oxygens (including phenoxy) is 1. The Morgan fingerprint density at radius 1 is 1.10 bits per heavy atom. The Kier molecular flexibility index (Phi) is 4.12. The van der Waals surface area contributed by atoms with Crippen LogP contribution in [0.2, 0.25) is 0 Å². The molecule has 0 saturated carbocycles. The van der Waals surface area contributed by atoms with Crippen LogP contribution in [0, 0.1) is 0 Å². The number of benzene rings is 2. The summed E-state index contributed by atoms with van der Waals surface area (Å²) < 4.78 is 11.6. The number of fused-ring (bicyclic) bond motifs is 3. The molecule has 0 spiro atoms. The molecule has 3 aromatic rings. The van der Waals surface area contributed by atoms with Gasteiger partial charge in [0.25, 0.3) is 0 Å². The molecule has 2 aromatic carbocycles. The highest BCUT2D eigenvalue weighted by atomic mass is 16.5. The summed E-state index contributed by atoms with van der Waals surface area (Å²) in [4.78, 5) is 13.2. The molecular formula is C23H22O6. The predicted molar refractivity (Wildman–Crippen MR) is 112 cm³/mol. The quantitative estimate of drug-likeness (QED) is 0.329. The van der Waals surface area contributed by atoms with Crippen LogP contribution in [-0.4, -0.2) is 20.9 Å². The number of aromatic hydroxyl groups is 3. The highest BCUT2D eigenvalue weighted by Gasteiger charge is 2.27. The zero-order valence-corrected chi connectivity index (χ0v) is 16.7. The molecular weight excluding hydrogens is 372 g/mol. The van der Waals surface area contributed by atoms with Crippen molar-refractivity contribution in [2.24, 2.45) is 0 Å². The van der Waals surface area contributed by atoms with Gasteiger partial charge in [0, 0.05) is 11.6 Å². The van der Waals surface area contributed by atoms with E-state index in [1.165, 1.54) is 12.1 Å². The molecule has 1 aliphatic rings. The van der Waals surface area contributed by atoms with Crippen molar-refractivity contribution < 1.29 is 24.5 Å². The highest BCUT2D eigenvalue weighted by molar-refractivity contribution is 5.99. The van der Waals surface area contributed by atoms with Crippen LogP contribution in [0.25, 0.3) is 28.0 Å². The molecule has 0 atom stereocenters. The molecule has 0 amide bonds. The van der Waals surface area contributed by atoms with E-state index in [0.29, 0.717) is 23.3 Å². The fourth-order valence-corrected chi connectivity index (χ4v) is 3.47. The minimum atomic E-state index is -0.579. The summed E-state index contributed by atoms with van der Waals surface area (Å²) in [6.45, 7) is 7.56. The molecule has 29 heavy (non-hydrogen) atoms. The Hall–Kier alpha value is -3.41. The van der Waals surface area contributed by atoms with Gasteiger partial charge < -0.3 is 24.5 Å². The monoisotopic (exact) mass is 394 g/mol. The summed E-state index contributed by atoms with van der Waals surface area (Å²) in [6.07, 6.45) is 5.73. The van der Waals surface area contributed by atoms with Gasteiger partial charge in [-0.1, -0.05) is 11.6 Å². The van der Waals surface area contributed by atoms with Crippen LogP contribution in [0.5, 0.6) is 23.0 Å².